The topological polar surface area (TPSA) is 57.6 Å². The molecule has 0 aromatic heterocycles. The molecule has 1 aromatic carbocycles. The fraction of sp³-hybridized carbons (Fsp3) is 0.375. The second-order valence-electron chi connectivity index (χ2n) is 4.97. The lowest BCUT2D eigenvalue weighted by Gasteiger charge is -2.26. The average molecular weight is 275 g/mol. The standard InChI is InChI=1S/C16H21NO3/c1-4-13(14-8-6-5-7-9-14)10-15(18)17(12(2)3)11-16(19)20/h4-9,12-13H,1,10-11H2,2-3H3,(H,19,20). The minimum absolute atomic E-state index is 0.0984. The molecule has 0 saturated carbocycles. The first-order valence-corrected chi connectivity index (χ1v) is 6.64. The molecule has 4 heteroatoms. The van der Waals surface area contributed by atoms with Gasteiger partial charge in [-0.3, -0.25) is 9.59 Å². The molecule has 0 radical (unpaired) electrons. The maximum atomic E-state index is 12.3. The van der Waals surface area contributed by atoms with Gasteiger partial charge in [0.1, 0.15) is 6.54 Å². The predicted molar refractivity (Wildman–Crippen MR) is 78.5 cm³/mol. The van der Waals surface area contributed by atoms with Crippen LogP contribution in [0, 0.1) is 0 Å². The lowest BCUT2D eigenvalue weighted by Crippen LogP contribution is -2.41. The van der Waals surface area contributed by atoms with Gasteiger partial charge in [0.2, 0.25) is 5.91 Å². The summed E-state index contributed by atoms with van der Waals surface area (Å²) in [4.78, 5) is 24.5. The van der Waals surface area contributed by atoms with E-state index in [0.29, 0.717) is 0 Å². The minimum Gasteiger partial charge on any atom is -0.480 e. The van der Waals surface area contributed by atoms with Gasteiger partial charge in [-0.1, -0.05) is 36.4 Å². The van der Waals surface area contributed by atoms with Gasteiger partial charge in [-0.05, 0) is 19.4 Å². The fourth-order valence-corrected chi connectivity index (χ4v) is 2.05. The van der Waals surface area contributed by atoms with Gasteiger partial charge >= 0.3 is 5.97 Å². The Morgan fingerprint density at radius 2 is 1.90 bits per heavy atom. The lowest BCUT2D eigenvalue weighted by atomic mass is 9.95. The highest BCUT2D eigenvalue weighted by molar-refractivity contribution is 5.82. The smallest absolute Gasteiger partial charge is 0.323 e. The second kappa shape index (κ2) is 7.48. The highest BCUT2D eigenvalue weighted by Gasteiger charge is 2.22. The van der Waals surface area contributed by atoms with Crippen LogP contribution in [0.25, 0.3) is 0 Å². The Balaban J connectivity index is 2.80. The van der Waals surface area contributed by atoms with E-state index in [2.05, 4.69) is 6.58 Å². The normalized spacial score (nSPS) is 11.9. The third-order valence-corrected chi connectivity index (χ3v) is 3.16. The Morgan fingerprint density at radius 3 is 2.35 bits per heavy atom. The summed E-state index contributed by atoms with van der Waals surface area (Å²) in [7, 11) is 0. The van der Waals surface area contributed by atoms with E-state index < -0.39 is 5.97 Å². The number of amides is 1. The van der Waals surface area contributed by atoms with Crippen molar-refractivity contribution in [3.05, 3.63) is 48.6 Å². The van der Waals surface area contributed by atoms with Crippen molar-refractivity contribution in [3.8, 4) is 0 Å². The van der Waals surface area contributed by atoms with Crippen LogP contribution in [0.2, 0.25) is 0 Å². The second-order valence-corrected chi connectivity index (χ2v) is 4.97. The van der Waals surface area contributed by atoms with E-state index in [1.807, 2.05) is 44.2 Å². The van der Waals surface area contributed by atoms with Gasteiger partial charge in [-0.2, -0.15) is 0 Å². The van der Waals surface area contributed by atoms with E-state index in [1.54, 1.807) is 6.08 Å². The van der Waals surface area contributed by atoms with E-state index in [4.69, 9.17) is 5.11 Å². The number of hydrogen-bond donors (Lipinski definition) is 1. The Kier molecular flexibility index (Phi) is 5.97. The number of aliphatic carboxylic acids is 1. The number of rotatable bonds is 7. The molecule has 0 saturated heterocycles. The van der Waals surface area contributed by atoms with Crippen molar-refractivity contribution in [1.82, 2.24) is 4.90 Å². The van der Waals surface area contributed by atoms with Gasteiger partial charge in [0, 0.05) is 18.4 Å². The van der Waals surface area contributed by atoms with Crippen LogP contribution >= 0.6 is 0 Å². The van der Waals surface area contributed by atoms with E-state index in [-0.39, 0.29) is 30.8 Å². The first-order chi connectivity index (χ1) is 9.45. The summed E-state index contributed by atoms with van der Waals surface area (Å²) in [6.45, 7) is 7.12. The minimum atomic E-state index is -0.998. The van der Waals surface area contributed by atoms with Crippen LogP contribution in [0.15, 0.2) is 43.0 Å². The SMILES string of the molecule is C=CC(CC(=O)N(CC(=O)O)C(C)C)c1ccccc1. The number of carbonyl (C=O) groups is 2. The zero-order valence-corrected chi connectivity index (χ0v) is 12.0. The summed E-state index contributed by atoms with van der Waals surface area (Å²) in [6.07, 6.45) is 1.96. The van der Waals surface area contributed by atoms with Crippen molar-refractivity contribution in [3.63, 3.8) is 0 Å². The molecular weight excluding hydrogens is 254 g/mol. The van der Waals surface area contributed by atoms with Crippen LogP contribution in [-0.2, 0) is 9.59 Å². The quantitative estimate of drug-likeness (QED) is 0.778. The summed E-state index contributed by atoms with van der Waals surface area (Å²) in [5.74, 6) is -1.27. The maximum absolute atomic E-state index is 12.3. The van der Waals surface area contributed by atoms with Crippen molar-refractivity contribution in [1.29, 1.82) is 0 Å². The number of hydrogen-bond acceptors (Lipinski definition) is 2. The predicted octanol–water partition coefficient (Wildman–Crippen LogP) is 2.67. The van der Waals surface area contributed by atoms with Crippen LogP contribution < -0.4 is 0 Å². The largest absolute Gasteiger partial charge is 0.480 e. The molecule has 1 atom stereocenters. The monoisotopic (exact) mass is 275 g/mol. The fourth-order valence-electron chi connectivity index (χ4n) is 2.05. The Bertz CT molecular complexity index is 468. The third kappa shape index (κ3) is 4.53. The molecule has 0 aliphatic carbocycles. The Labute approximate surface area is 119 Å². The van der Waals surface area contributed by atoms with E-state index in [9.17, 15) is 9.59 Å². The molecule has 0 aliphatic heterocycles. The van der Waals surface area contributed by atoms with Gasteiger partial charge in [0.05, 0.1) is 0 Å². The van der Waals surface area contributed by atoms with Crippen molar-refractivity contribution in [2.75, 3.05) is 6.54 Å². The van der Waals surface area contributed by atoms with E-state index in [1.165, 1.54) is 4.90 Å². The van der Waals surface area contributed by atoms with Crippen LogP contribution in [0.4, 0.5) is 0 Å². The van der Waals surface area contributed by atoms with Gasteiger partial charge in [0.25, 0.3) is 0 Å². The molecule has 20 heavy (non-hydrogen) atoms. The van der Waals surface area contributed by atoms with Crippen LogP contribution in [0.1, 0.15) is 31.7 Å². The van der Waals surface area contributed by atoms with Gasteiger partial charge < -0.3 is 10.0 Å². The molecule has 1 rings (SSSR count). The number of allylic oxidation sites excluding steroid dienone is 1. The molecule has 0 heterocycles. The molecule has 1 amide bonds. The molecule has 0 aliphatic rings. The highest BCUT2D eigenvalue weighted by atomic mass is 16.4. The van der Waals surface area contributed by atoms with Crippen molar-refractivity contribution in [2.24, 2.45) is 0 Å². The molecule has 1 aromatic rings. The summed E-state index contributed by atoms with van der Waals surface area (Å²) >= 11 is 0. The molecule has 108 valence electrons. The lowest BCUT2D eigenvalue weighted by molar-refractivity contribution is -0.145. The number of nitrogens with zero attached hydrogens (tertiary/aromatic N) is 1. The number of carbonyl (C=O) groups excluding carboxylic acids is 1. The number of carboxylic acid groups (broad SMARTS) is 1. The van der Waals surface area contributed by atoms with E-state index >= 15 is 0 Å². The molecule has 0 bridgehead atoms. The summed E-state index contributed by atoms with van der Waals surface area (Å²) < 4.78 is 0. The van der Waals surface area contributed by atoms with Gasteiger partial charge in [0.15, 0.2) is 0 Å². The maximum Gasteiger partial charge on any atom is 0.323 e. The van der Waals surface area contributed by atoms with Crippen molar-refractivity contribution in [2.45, 2.75) is 32.2 Å². The molecule has 0 spiro atoms. The van der Waals surface area contributed by atoms with Crippen molar-refractivity contribution >= 4 is 11.9 Å². The van der Waals surface area contributed by atoms with Gasteiger partial charge in [-0.15, -0.1) is 6.58 Å². The zero-order valence-electron chi connectivity index (χ0n) is 12.0. The number of carboxylic acids is 1. The molecular formula is C16H21NO3. The summed E-state index contributed by atoms with van der Waals surface area (Å²) in [5.41, 5.74) is 1.01. The highest BCUT2D eigenvalue weighted by Crippen LogP contribution is 2.22. The van der Waals surface area contributed by atoms with Crippen LogP contribution in [0.3, 0.4) is 0 Å². The van der Waals surface area contributed by atoms with Gasteiger partial charge in [-0.25, -0.2) is 0 Å². The first kappa shape index (κ1) is 16.0. The first-order valence-electron chi connectivity index (χ1n) is 6.64. The summed E-state index contributed by atoms with van der Waals surface area (Å²) in [5, 5.41) is 8.88. The molecule has 1 unspecified atom stereocenters. The summed E-state index contributed by atoms with van der Waals surface area (Å²) in [6, 6.07) is 9.48. The molecule has 0 fully saturated rings. The number of benzene rings is 1. The Morgan fingerprint density at radius 1 is 1.30 bits per heavy atom. The van der Waals surface area contributed by atoms with Crippen LogP contribution in [-0.4, -0.2) is 34.5 Å². The molecule has 4 nitrogen and oxygen atoms in total. The van der Waals surface area contributed by atoms with Crippen LogP contribution in [0.5, 0.6) is 0 Å². The third-order valence-electron chi connectivity index (χ3n) is 3.16. The average Bonchev–Trinajstić information content (AvgIpc) is 2.42. The van der Waals surface area contributed by atoms with Crippen molar-refractivity contribution < 1.29 is 14.7 Å². The molecule has 1 N–H and O–H groups in total. The van der Waals surface area contributed by atoms with E-state index in [0.717, 1.165) is 5.56 Å². The Hall–Kier alpha value is -2.10. The zero-order chi connectivity index (χ0) is 15.1.